The van der Waals surface area contributed by atoms with Crippen molar-refractivity contribution in [3.05, 3.63) is 0 Å². The van der Waals surface area contributed by atoms with Crippen molar-refractivity contribution in [2.75, 3.05) is 0 Å². The van der Waals surface area contributed by atoms with Crippen molar-refractivity contribution in [1.82, 2.24) is 0 Å². The van der Waals surface area contributed by atoms with Crippen LogP contribution in [0.4, 0.5) is 0 Å². The van der Waals surface area contributed by atoms with E-state index < -0.39 is 0 Å². The van der Waals surface area contributed by atoms with Crippen LogP contribution in [0.15, 0.2) is 0 Å². The summed E-state index contributed by atoms with van der Waals surface area (Å²) in [6.07, 6.45) is 0. The maximum atomic E-state index is 0. The van der Waals surface area contributed by atoms with E-state index in [0.717, 1.165) is 0 Å². The molecule has 0 atom stereocenters. The van der Waals surface area contributed by atoms with Gasteiger partial charge in [0, 0.05) is 0 Å². The van der Waals surface area contributed by atoms with Crippen LogP contribution in [0.3, 0.4) is 0 Å². The summed E-state index contributed by atoms with van der Waals surface area (Å²) >= 11 is 0. The average Bonchev–Trinajstić information content (AvgIpc) is 0. The summed E-state index contributed by atoms with van der Waals surface area (Å²) in [4.78, 5) is 0. The zero-order valence-corrected chi connectivity index (χ0v) is 6.85. The van der Waals surface area contributed by atoms with Crippen LogP contribution in [-0.4, -0.2) is 0 Å². The van der Waals surface area contributed by atoms with Gasteiger partial charge in [0.2, 0.25) is 0 Å². The van der Waals surface area contributed by atoms with E-state index in [1.165, 1.54) is 0 Å². The third-order valence-corrected chi connectivity index (χ3v) is 0. The van der Waals surface area contributed by atoms with Gasteiger partial charge in [-0.2, -0.15) is 0 Å². The topological polar surface area (TPSA) is 85.5 Å². The summed E-state index contributed by atoms with van der Waals surface area (Å²) in [6, 6.07) is 0. The Labute approximate surface area is 17.8 Å². The minimum absolute atomic E-state index is 0. The first-order valence-corrected chi connectivity index (χ1v) is 0. The molecule has 0 aliphatic heterocycles. The minimum atomic E-state index is 0. The van der Waals surface area contributed by atoms with E-state index in [9.17, 15) is 0 Å². The predicted octanol–water partition coefficient (Wildman–Crippen LogP) is -0.356. The Morgan fingerprint density at radius 2 is 0.400 bits per heavy atom. The van der Waals surface area contributed by atoms with Crippen molar-refractivity contribution in [3.8, 4) is 0 Å². The van der Waals surface area contributed by atoms with Crippen molar-refractivity contribution < 1.29 is 16.4 Å². The molecule has 0 radical (unpaired) electrons. The molecule has 0 saturated heterocycles. The van der Waals surface area contributed by atoms with Crippen molar-refractivity contribution in [3.63, 3.8) is 0 Å². The standard InChI is InChI=1S/2Es.3O/q2*+3;3*-2. The first-order chi connectivity index (χ1) is 0. The average molecular weight is 552 g/mol. The van der Waals surface area contributed by atoms with Gasteiger partial charge in [0.1, 0.15) is 0 Å². The Bertz CT molecular complexity index is 4.85. The molecule has 0 spiro atoms. The summed E-state index contributed by atoms with van der Waals surface area (Å²) in [5.74, 6) is 0. The Balaban J connectivity index is 0. The van der Waals surface area contributed by atoms with Crippen molar-refractivity contribution in [1.29, 1.82) is 0 Å². The van der Waals surface area contributed by atoms with Gasteiger partial charge in [0.05, 0.1) is 0 Å². The molecule has 0 amide bonds. The van der Waals surface area contributed by atoms with Gasteiger partial charge in [0.25, 0.3) is 0 Å². The van der Waals surface area contributed by atoms with Crippen LogP contribution < -0.4 is 0 Å². The maximum absolute atomic E-state index is 0. The van der Waals surface area contributed by atoms with E-state index in [1.807, 2.05) is 0 Å². The van der Waals surface area contributed by atoms with Crippen molar-refractivity contribution in [2.45, 2.75) is 0 Å². The molecule has 5 heavy (non-hydrogen) atoms. The first kappa shape index (κ1) is 2.26. The fraction of sp³-hybridized carbons (Fsp3) is 0. The fourth-order valence-electron chi connectivity index (χ4n) is 0. The molecule has 0 rings (SSSR count). The summed E-state index contributed by atoms with van der Waals surface area (Å²) < 4.78 is 0. The van der Waals surface area contributed by atoms with Gasteiger partial charge in [-0.15, -0.1) is 0 Å². The molecular formula is Es2O3. The van der Waals surface area contributed by atoms with Gasteiger partial charge in [-0.25, -0.2) is 0 Å². The summed E-state index contributed by atoms with van der Waals surface area (Å²) in [7, 11) is 0. The van der Waals surface area contributed by atoms with Crippen molar-refractivity contribution >= 4 is 0 Å². The number of hydrogen-bond donors (Lipinski definition) is 0. The molecule has 0 unspecified atom stereocenters. The van der Waals surface area contributed by atoms with E-state index in [-0.39, 0.29) is 16.4 Å². The van der Waals surface area contributed by atoms with Crippen LogP contribution in [0.25, 0.3) is 0 Å². The van der Waals surface area contributed by atoms with Gasteiger partial charge in [-0.3, -0.25) is 0 Å². The zero-order chi connectivity index (χ0) is 0. The summed E-state index contributed by atoms with van der Waals surface area (Å²) in [5.41, 5.74) is 0. The molecule has 0 heterocycles. The largest absolute Gasteiger partial charge is 3.00 e. The fourth-order valence-corrected chi connectivity index (χ4v) is 0. The summed E-state index contributed by atoms with van der Waals surface area (Å²) in [5, 5.41) is 0. The van der Waals surface area contributed by atoms with Crippen molar-refractivity contribution in [2.24, 2.45) is 0 Å². The molecule has 0 N–H and O–H groups in total. The molecule has 0 aliphatic carbocycles. The van der Waals surface area contributed by atoms with Crippen LogP contribution in [0.1, 0.15) is 0 Å². The second kappa shape index (κ2) is 0.324. The van der Waals surface area contributed by atoms with Crippen LogP contribution in [0.5, 0.6) is 0 Å². The summed E-state index contributed by atoms with van der Waals surface area (Å²) in [6.45, 7) is 0. The quantitative estimate of drug-likeness (QED) is 0.394. The SMILES string of the molecule is [Es+3].[Es+3].[O-2].[O-2].[O-2]. The Morgan fingerprint density at radius 3 is 0.400 bits per heavy atom. The van der Waals surface area contributed by atoms with Gasteiger partial charge in [-0.05, 0) is 0 Å². The van der Waals surface area contributed by atoms with Gasteiger partial charge in [-0.1, -0.05) is 0 Å². The van der Waals surface area contributed by atoms with Gasteiger partial charge >= 0.3 is 0 Å². The molecule has 0 aromatic carbocycles. The van der Waals surface area contributed by atoms with Gasteiger partial charge in [0.15, 0.2) is 0 Å². The third-order valence-electron chi connectivity index (χ3n) is 0. The molecule has 0 bridgehead atoms. The van der Waals surface area contributed by atoms with E-state index in [0.29, 0.717) is 0 Å². The molecule has 3 nitrogen and oxygen atoms in total. The van der Waals surface area contributed by atoms with Crippen LogP contribution in [0, 0.1) is 0 Å². The Kier molecular flexibility index (Phi) is 0.147. The maximum Gasteiger partial charge on any atom is 3.00 e. The van der Waals surface area contributed by atoms with Crippen LogP contribution >= 0.6 is 0 Å². The van der Waals surface area contributed by atoms with Crippen LogP contribution in [-0.2, 0) is 16.4 Å². The monoisotopic (exact) mass is 552 g/mol. The molecule has 5 heteroatoms. The Morgan fingerprint density at radius 1 is 0.400 bits per heavy atom. The third kappa shape index (κ3) is 0.00602. The second-order valence-electron chi connectivity index (χ2n) is 0. The number of hydrogen-bond acceptors (Lipinski definition) is 0. The van der Waals surface area contributed by atoms with E-state index in [1.54, 1.807) is 0 Å². The molecule has 0 aromatic rings. The van der Waals surface area contributed by atoms with E-state index in [4.69, 9.17) is 0 Å². The first-order valence-electron chi connectivity index (χ1n) is 0. The predicted molar refractivity (Wildman–Crippen MR) is 2.06 cm³/mol. The Hall–Kier alpha value is -2.12. The second-order valence-corrected chi connectivity index (χ2v) is 0. The molecule has 0 aliphatic rings. The van der Waals surface area contributed by atoms with Crippen LogP contribution in [0.2, 0.25) is 0 Å². The molecule has 0 fully saturated rings. The molecule has 0 aromatic heterocycles. The molecule has 40 valence electrons. The van der Waals surface area contributed by atoms with E-state index in [2.05, 4.69) is 0 Å². The van der Waals surface area contributed by atoms with E-state index >= 15 is 0 Å². The molecular weight excluding hydrogens is 552 g/mol. The smallest absolute Gasteiger partial charge is 2.00 e. The zero-order valence-electron chi connectivity index (χ0n) is 1.83. The minimum Gasteiger partial charge on any atom is -2.00 e. The number of rotatable bonds is 0. The van der Waals surface area contributed by atoms with Gasteiger partial charge < -0.3 is 16.4 Å². The normalized spacial score (nSPS) is 0. The molecule has 0 saturated carbocycles.